The summed E-state index contributed by atoms with van der Waals surface area (Å²) in [6.07, 6.45) is 4.83. The summed E-state index contributed by atoms with van der Waals surface area (Å²) in [5.74, 6) is 1.01. The van der Waals surface area contributed by atoms with E-state index in [2.05, 4.69) is 60.3 Å². The molecule has 0 atom stereocenters. The molecule has 0 radical (unpaired) electrons. The van der Waals surface area contributed by atoms with E-state index in [1.54, 1.807) is 0 Å². The summed E-state index contributed by atoms with van der Waals surface area (Å²) >= 11 is 0. The monoisotopic (exact) mass is 500 g/mol. The zero-order valence-electron chi connectivity index (χ0n) is 17.7. The summed E-state index contributed by atoms with van der Waals surface area (Å²) in [7, 11) is 2.14. The van der Waals surface area contributed by atoms with Crippen LogP contribution in [-0.2, 0) is 11.3 Å². The molecule has 3 rings (SSSR count). The fourth-order valence-electron chi connectivity index (χ4n) is 4.33. The molecular formula is C22H37IN4O. The van der Waals surface area contributed by atoms with Crippen LogP contribution in [0.25, 0.3) is 0 Å². The third-order valence-electron chi connectivity index (χ3n) is 6.09. The van der Waals surface area contributed by atoms with Crippen molar-refractivity contribution >= 4 is 29.9 Å². The molecule has 6 heteroatoms. The number of guanidine groups is 1. The Morgan fingerprint density at radius 2 is 1.89 bits per heavy atom. The van der Waals surface area contributed by atoms with E-state index in [0.29, 0.717) is 0 Å². The Bertz CT molecular complexity index is 625. The molecule has 1 aromatic rings. The van der Waals surface area contributed by atoms with Gasteiger partial charge in [0.15, 0.2) is 5.96 Å². The quantitative estimate of drug-likeness (QED) is 0.368. The number of nitrogens with one attached hydrogen (secondary N) is 1. The number of ether oxygens (including phenoxy) is 1. The minimum atomic E-state index is 0. The lowest BCUT2D eigenvalue weighted by Gasteiger charge is -2.43. The number of nitrogens with zero attached hydrogens (tertiary/aromatic N) is 3. The smallest absolute Gasteiger partial charge is 0.194 e. The minimum absolute atomic E-state index is 0. The van der Waals surface area contributed by atoms with Crippen molar-refractivity contribution < 1.29 is 4.74 Å². The van der Waals surface area contributed by atoms with Crippen molar-refractivity contribution in [3.05, 3.63) is 35.4 Å². The first-order valence-corrected chi connectivity index (χ1v) is 10.5. The Labute approximate surface area is 187 Å². The highest BCUT2D eigenvalue weighted by molar-refractivity contribution is 14.0. The summed E-state index contributed by atoms with van der Waals surface area (Å²) < 4.78 is 5.68. The van der Waals surface area contributed by atoms with Gasteiger partial charge in [0.05, 0.1) is 6.54 Å². The van der Waals surface area contributed by atoms with Gasteiger partial charge in [-0.3, -0.25) is 9.89 Å². The molecule has 0 aromatic heterocycles. The van der Waals surface area contributed by atoms with Gasteiger partial charge in [-0.2, -0.15) is 0 Å². The number of benzene rings is 1. The van der Waals surface area contributed by atoms with Crippen molar-refractivity contribution in [3.63, 3.8) is 0 Å². The maximum atomic E-state index is 5.68. The van der Waals surface area contributed by atoms with Crippen LogP contribution in [-0.4, -0.2) is 67.7 Å². The first-order valence-electron chi connectivity index (χ1n) is 10.5. The third kappa shape index (κ3) is 5.83. The molecule has 28 heavy (non-hydrogen) atoms. The van der Waals surface area contributed by atoms with Crippen LogP contribution in [0.1, 0.15) is 43.7 Å². The van der Waals surface area contributed by atoms with E-state index in [0.717, 1.165) is 51.6 Å². The van der Waals surface area contributed by atoms with Gasteiger partial charge in [0.1, 0.15) is 0 Å². The van der Waals surface area contributed by atoms with Crippen molar-refractivity contribution in [2.24, 2.45) is 4.99 Å². The Morgan fingerprint density at radius 1 is 1.21 bits per heavy atom. The second-order valence-electron chi connectivity index (χ2n) is 7.98. The molecule has 5 nitrogen and oxygen atoms in total. The van der Waals surface area contributed by atoms with Crippen LogP contribution in [0.2, 0.25) is 0 Å². The van der Waals surface area contributed by atoms with E-state index in [1.165, 1.54) is 37.1 Å². The molecule has 0 unspecified atom stereocenters. The molecule has 2 heterocycles. The highest BCUT2D eigenvalue weighted by Crippen LogP contribution is 2.31. The van der Waals surface area contributed by atoms with Gasteiger partial charge in [-0.15, -0.1) is 24.0 Å². The number of hydrogen-bond acceptors (Lipinski definition) is 3. The summed E-state index contributed by atoms with van der Waals surface area (Å²) in [6.45, 7) is 11.1. The zero-order chi connectivity index (χ0) is 19.1. The molecule has 0 aliphatic carbocycles. The molecule has 1 aromatic carbocycles. The highest BCUT2D eigenvalue weighted by Gasteiger charge is 2.39. The van der Waals surface area contributed by atoms with Crippen molar-refractivity contribution in [3.8, 4) is 0 Å². The van der Waals surface area contributed by atoms with E-state index in [1.807, 2.05) is 0 Å². The second-order valence-corrected chi connectivity index (χ2v) is 7.98. The highest BCUT2D eigenvalue weighted by atomic mass is 127. The van der Waals surface area contributed by atoms with Gasteiger partial charge in [-0.25, -0.2) is 0 Å². The van der Waals surface area contributed by atoms with Crippen molar-refractivity contribution in [1.29, 1.82) is 0 Å². The predicted octanol–water partition coefficient (Wildman–Crippen LogP) is 3.66. The van der Waals surface area contributed by atoms with Crippen LogP contribution < -0.4 is 5.32 Å². The van der Waals surface area contributed by atoms with Crippen LogP contribution in [0.5, 0.6) is 0 Å². The van der Waals surface area contributed by atoms with Gasteiger partial charge < -0.3 is 15.0 Å². The molecule has 158 valence electrons. The first kappa shape index (κ1) is 23.4. The third-order valence-corrected chi connectivity index (χ3v) is 6.09. The first-order chi connectivity index (χ1) is 13.1. The van der Waals surface area contributed by atoms with Gasteiger partial charge in [-0.1, -0.05) is 24.3 Å². The van der Waals surface area contributed by atoms with Crippen LogP contribution in [0.15, 0.2) is 29.3 Å². The van der Waals surface area contributed by atoms with E-state index in [-0.39, 0.29) is 29.5 Å². The minimum Gasteiger partial charge on any atom is -0.381 e. The van der Waals surface area contributed by atoms with E-state index >= 15 is 0 Å². The summed E-state index contributed by atoms with van der Waals surface area (Å²) in [5, 5.41) is 3.50. The molecule has 0 saturated carbocycles. The number of rotatable bonds is 6. The maximum Gasteiger partial charge on any atom is 0.194 e. The molecule has 2 fully saturated rings. The van der Waals surface area contributed by atoms with Crippen molar-refractivity contribution in [2.75, 3.05) is 46.4 Å². The predicted molar refractivity (Wildman–Crippen MR) is 128 cm³/mol. The molecule has 0 spiro atoms. The van der Waals surface area contributed by atoms with Crippen molar-refractivity contribution in [2.45, 2.75) is 51.6 Å². The van der Waals surface area contributed by atoms with E-state index in [4.69, 9.17) is 9.73 Å². The number of likely N-dealkylation sites (tertiary alicyclic amines) is 1. The summed E-state index contributed by atoms with van der Waals surface area (Å²) in [4.78, 5) is 10.1. The van der Waals surface area contributed by atoms with Crippen LogP contribution in [0.3, 0.4) is 0 Å². The number of hydrogen-bond donors (Lipinski definition) is 1. The maximum absolute atomic E-state index is 5.68. The SMILES string of the molecule is CCNC(=NCC1(N2CCCC2)CCOCC1)N(C)Cc1ccccc1C.I. The van der Waals surface area contributed by atoms with Crippen molar-refractivity contribution in [1.82, 2.24) is 15.1 Å². The second kappa shape index (κ2) is 11.4. The lowest BCUT2D eigenvalue weighted by Crippen LogP contribution is -2.54. The molecule has 0 amide bonds. The van der Waals surface area contributed by atoms with Gasteiger partial charge in [-0.05, 0) is 63.7 Å². The molecule has 2 aliphatic heterocycles. The Hall–Kier alpha value is -0.860. The van der Waals surface area contributed by atoms with Crippen LogP contribution in [0, 0.1) is 6.92 Å². The normalized spacial score (nSPS) is 19.9. The molecule has 2 aliphatic rings. The summed E-state index contributed by atoms with van der Waals surface area (Å²) in [6, 6.07) is 8.60. The topological polar surface area (TPSA) is 40.1 Å². The number of aryl methyl sites for hydroxylation is 1. The zero-order valence-corrected chi connectivity index (χ0v) is 20.1. The fraction of sp³-hybridized carbons (Fsp3) is 0.682. The molecule has 2 saturated heterocycles. The lowest BCUT2D eigenvalue weighted by molar-refractivity contribution is -0.0139. The van der Waals surface area contributed by atoms with Gasteiger partial charge in [0, 0.05) is 38.9 Å². The fourth-order valence-corrected chi connectivity index (χ4v) is 4.33. The largest absolute Gasteiger partial charge is 0.381 e. The lowest BCUT2D eigenvalue weighted by atomic mass is 9.88. The molecular weight excluding hydrogens is 463 g/mol. The average molecular weight is 500 g/mol. The van der Waals surface area contributed by atoms with E-state index in [9.17, 15) is 0 Å². The van der Waals surface area contributed by atoms with Gasteiger partial charge in [0.2, 0.25) is 0 Å². The van der Waals surface area contributed by atoms with Gasteiger partial charge in [0.25, 0.3) is 0 Å². The summed E-state index contributed by atoms with van der Waals surface area (Å²) in [5.41, 5.74) is 2.86. The Morgan fingerprint density at radius 3 is 2.54 bits per heavy atom. The Balaban J connectivity index is 0.00000280. The number of halogens is 1. The van der Waals surface area contributed by atoms with Crippen LogP contribution in [0.4, 0.5) is 0 Å². The molecule has 0 bridgehead atoms. The molecule has 1 N–H and O–H groups in total. The average Bonchev–Trinajstić information content (AvgIpc) is 3.23. The number of aliphatic imine (C=N–C) groups is 1. The standard InChI is InChI=1S/C22H36N4O.HI/c1-4-23-21(25(3)17-20-10-6-5-9-19(20)2)24-18-22(11-15-27-16-12-22)26-13-7-8-14-26;/h5-6,9-10H,4,7-8,11-18H2,1-3H3,(H,23,24);1H. The Kier molecular flexibility index (Phi) is 9.50. The van der Waals surface area contributed by atoms with E-state index < -0.39 is 0 Å². The van der Waals surface area contributed by atoms with Crippen LogP contribution >= 0.6 is 24.0 Å². The van der Waals surface area contributed by atoms with Gasteiger partial charge >= 0.3 is 0 Å².